The third-order valence-electron chi connectivity index (χ3n) is 4.56. The molecule has 0 bridgehead atoms. The van der Waals surface area contributed by atoms with Crippen LogP contribution in [0.15, 0.2) is 73.2 Å². The molecule has 0 aliphatic rings. The van der Waals surface area contributed by atoms with Crippen LogP contribution in [0.1, 0.15) is 5.56 Å². The first-order valence-electron chi connectivity index (χ1n) is 9.80. The summed E-state index contributed by atoms with van der Waals surface area (Å²) in [6, 6.07) is 6.57. The average Bonchev–Trinajstić information content (AvgIpc) is 3.48. The zero-order chi connectivity index (χ0) is 24.1. The maximum atomic E-state index is 13.2. The lowest BCUT2D eigenvalue weighted by molar-refractivity contribution is -0.137. The van der Waals surface area contributed by atoms with Crippen molar-refractivity contribution >= 4 is 23.4 Å². The van der Waals surface area contributed by atoms with E-state index in [0.717, 1.165) is 29.5 Å². The van der Waals surface area contributed by atoms with Crippen molar-refractivity contribution in [1.29, 1.82) is 0 Å². The zero-order valence-electron chi connectivity index (χ0n) is 17.5. The molecule has 34 heavy (non-hydrogen) atoms. The second-order valence-corrected chi connectivity index (χ2v) is 7.79. The molecular weight excluding hydrogens is 469 g/mol. The quantitative estimate of drug-likeness (QED) is 0.298. The number of pyridine rings is 1. The van der Waals surface area contributed by atoms with Gasteiger partial charge < -0.3 is 5.32 Å². The Morgan fingerprint density at radius 3 is 2.62 bits per heavy atom. The molecule has 174 valence electrons. The molecule has 13 heteroatoms. The van der Waals surface area contributed by atoms with Crippen LogP contribution in [0.2, 0.25) is 0 Å². The first-order chi connectivity index (χ1) is 16.4. The highest BCUT2D eigenvalue weighted by molar-refractivity contribution is 7.99. The van der Waals surface area contributed by atoms with Crippen molar-refractivity contribution in [3.05, 3.63) is 73.6 Å². The number of allylic oxidation sites excluding steroid dienone is 1. The van der Waals surface area contributed by atoms with Gasteiger partial charge in [-0.3, -0.25) is 14.3 Å². The van der Waals surface area contributed by atoms with Gasteiger partial charge in [-0.2, -0.15) is 18.3 Å². The third kappa shape index (κ3) is 5.14. The summed E-state index contributed by atoms with van der Waals surface area (Å²) in [7, 11) is 0. The van der Waals surface area contributed by atoms with E-state index in [9.17, 15) is 18.0 Å². The van der Waals surface area contributed by atoms with Crippen molar-refractivity contribution in [3.8, 4) is 17.1 Å². The number of aromatic nitrogens is 7. The Morgan fingerprint density at radius 1 is 1.15 bits per heavy atom. The molecule has 0 aliphatic carbocycles. The molecule has 3 heterocycles. The van der Waals surface area contributed by atoms with Crippen LogP contribution >= 0.6 is 11.8 Å². The molecule has 0 aliphatic heterocycles. The number of amides is 1. The Bertz CT molecular complexity index is 1290. The van der Waals surface area contributed by atoms with Gasteiger partial charge in [-0.15, -0.1) is 16.8 Å². The number of hydrogen-bond acceptors (Lipinski definition) is 7. The molecule has 0 radical (unpaired) electrons. The minimum Gasteiger partial charge on any atom is -0.323 e. The van der Waals surface area contributed by atoms with Crippen LogP contribution in [0.4, 0.5) is 18.9 Å². The summed E-state index contributed by atoms with van der Waals surface area (Å²) in [5, 5.41) is 15.3. The van der Waals surface area contributed by atoms with Crippen LogP contribution in [0.5, 0.6) is 0 Å². The van der Waals surface area contributed by atoms with Crippen molar-refractivity contribution < 1.29 is 18.0 Å². The smallest absolute Gasteiger partial charge is 0.323 e. The average molecular weight is 486 g/mol. The number of carbonyl (C=O) groups is 1. The van der Waals surface area contributed by atoms with Crippen molar-refractivity contribution in [2.24, 2.45) is 0 Å². The maximum absolute atomic E-state index is 13.2. The first-order valence-corrected chi connectivity index (χ1v) is 10.8. The van der Waals surface area contributed by atoms with E-state index in [-0.39, 0.29) is 17.1 Å². The molecule has 4 aromatic rings. The fourth-order valence-electron chi connectivity index (χ4n) is 3.06. The topological polar surface area (TPSA) is 103 Å². The van der Waals surface area contributed by atoms with E-state index in [2.05, 4.69) is 37.2 Å². The summed E-state index contributed by atoms with van der Waals surface area (Å²) < 4.78 is 42.7. The van der Waals surface area contributed by atoms with E-state index in [1.807, 2.05) is 0 Å². The van der Waals surface area contributed by atoms with Crippen molar-refractivity contribution in [2.45, 2.75) is 17.9 Å². The Hall–Kier alpha value is -4.00. The van der Waals surface area contributed by atoms with Crippen molar-refractivity contribution in [1.82, 2.24) is 34.5 Å². The van der Waals surface area contributed by atoms with Gasteiger partial charge in [-0.05, 0) is 30.3 Å². The molecule has 0 unspecified atom stereocenters. The van der Waals surface area contributed by atoms with E-state index in [1.54, 1.807) is 35.2 Å². The van der Waals surface area contributed by atoms with Crippen LogP contribution in [0, 0.1) is 0 Å². The second-order valence-electron chi connectivity index (χ2n) is 6.85. The number of hydrogen-bond donors (Lipinski definition) is 1. The number of benzene rings is 1. The van der Waals surface area contributed by atoms with Gasteiger partial charge in [0.2, 0.25) is 5.91 Å². The SMILES string of the molecule is C=CCn1c(SCC(=O)Nc2cc(C(F)(F)F)ccc2-n2cncn2)nnc1-c1ccncc1. The number of thioether (sulfide) groups is 1. The second kappa shape index (κ2) is 9.87. The number of alkyl halides is 3. The molecule has 9 nitrogen and oxygen atoms in total. The highest BCUT2D eigenvalue weighted by Crippen LogP contribution is 2.33. The lowest BCUT2D eigenvalue weighted by Gasteiger charge is -2.14. The van der Waals surface area contributed by atoms with Crippen LogP contribution in [-0.4, -0.2) is 46.2 Å². The summed E-state index contributed by atoms with van der Waals surface area (Å²) in [6.07, 6.45) is 2.93. The molecule has 1 aromatic carbocycles. The molecule has 0 spiro atoms. The molecule has 0 saturated heterocycles. The summed E-state index contributed by atoms with van der Waals surface area (Å²) in [5.74, 6) is -0.0561. The Morgan fingerprint density at radius 2 is 1.94 bits per heavy atom. The lowest BCUT2D eigenvalue weighted by Crippen LogP contribution is -2.17. The maximum Gasteiger partial charge on any atom is 0.416 e. The van der Waals surface area contributed by atoms with Gasteiger partial charge in [-0.1, -0.05) is 17.8 Å². The van der Waals surface area contributed by atoms with Gasteiger partial charge in [0.25, 0.3) is 0 Å². The molecule has 0 saturated carbocycles. The Labute approximate surface area is 195 Å². The van der Waals surface area contributed by atoms with Crippen LogP contribution in [0.25, 0.3) is 17.1 Å². The third-order valence-corrected chi connectivity index (χ3v) is 5.53. The fourth-order valence-corrected chi connectivity index (χ4v) is 3.81. The number of halogens is 3. The highest BCUT2D eigenvalue weighted by Gasteiger charge is 2.31. The number of anilines is 1. The van der Waals surface area contributed by atoms with Gasteiger partial charge in [0.15, 0.2) is 11.0 Å². The van der Waals surface area contributed by atoms with Gasteiger partial charge >= 0.3 is 6.18 Å². The predicted octanol–water partition coefficient (Wildman–Crippen LogP) is 3.86. The predicted molar refractivity (Wildman–Crippen MR) is 119 cm³/mol. The molecule has 4 rings (SSSR count). The minimum atomic E-state index is -4.57. The number of rotatable bonds is 8. The summed E-state index contributed by atoms with van der Waals surface area (Å²) in [4.78, 5) is 20.5. The summed E-state index contributed by atoms with van der Waals surface area (Å²) >= 11 is 1.10. The standard InChI is InChI=1S/C21H17F3N8OS/c1-2-9-31-19(14-5-7-25-8-6-14)29-30-20(31)34-11-18(33)28-16-10-15(21(22,23)24)3-4-17(16)32-13-26-12-27-32/h2-8,10,12-13H,1,9,11H2,(H,28,33). The number of nitrogens with zero attached hydrogens (tertiary/aromatic N) is 7. The van der Waals surface area contributed by atoms with Crippen LogP contribution < -0.4 is 5.32 Å². The first kappa shape index (κ1) is 23.2. The van der Waals surface area contributed by atoms with E-state index >= 15 is 0 Å². The molecule has 0 atom stereocenters. The summed E-state index contributed by atoms with van der Waals surface area (Å²) in [5.41, 5.74) is 0.101. The zero-order valence-corrected chi connectivity index (χ0v) is 18.3. The number of nitrogens with one attached hydrogen (secondary N) is 1. The molecule has 3 aromatic heterocycles. The van der Waals surface area contributed by atoms with Gasteiger partial charge in [0.1, 0.15) is 12.7 Å². The van der Waals surface area contributed by atoms with E-state index in [0.29, 0.717) is 17.5 Å². The Balaban J connectivity index is 1.54. The molecule has 1 amide bonds. The van der Waals surface area contributed by atoms with E-state index in [4.69, 9.17) is 0 Å². The monoisotopic (exact) mass is 486 g/mol. The normalized spacial score (nSPS) is 11.4. The van der Waals surface area contributed by atoms with Gasteiger partial charge in [0, 0.05) is 24.5 Å². The molecular formula is C21H17F3N8OS. The van der Waals surface area contributed by atoms with E-state index in [1.165, 1.54) is 23.4 Å². The highest BCUT2D eigenvalue weighted by atomic mass is 32.2. The lowest BCUT2D eigenvalue weighted by atomic mass is 10.1. The summed E-state index contributed by atoms with van der Waals surface area (Å²) in [6.45, 7) is 4.14. The fraction of sp³-hybridized carbons (Fsp3) is 0.143. The van der Waals surface area contributed by atoms with E-state index < -0.39 is 17.6 Å². The number of carbonyl (C=O) groups excluding carboxylic acids is 1. The minimum absolute atomic E-state index is 0.0454. The van der Waals surface area contributed by atoms with Gasteiger partial charge in [0.05, 0.1) is 22.7 Å². The Kier molecular flexibility index (Phi) is 6.72. The van der Waals surface area contributed by atoms with Crippen molar-refractivity contribution in [3.63, 3.8) is 0 Å². The molecule has 0 fully saturated rings. The van der Waals surface area contributed by atoms with Crippen molar-refractivity contribution in [2.75, 3.05) is 11.1 Å². The largest absolute Gasteiger partial charge is 0.416 e. The van der Waals surface area contributed by atoms with Crippen LogP contribution in [-0.2, 0) is 17.5 Å². The van der Waals surface area contributed by atoms with Gasteiger partial charge in [-0.25, -0.2) is 9.67 Å². The van der Waals surface area contributed by atoms with Crippen LogP contribution in [0.3, 0.4) is 0 Å². The molecule has 1 N–H and O–H groups in total.